The molecule has 0 spiro atoms. The van der Waals surface area contributed by atoms with E-state index >= 15 is 0 Å². The van der Waals surface area contributed by atoms with E-state index in [-0.39, 0.29) is 22.2 Å². The van der Waals surface area contributed by atoms with Crippen LogP contribution in [-0.4, -0.2) is 36.3 Å². The molecule has 0 unspecified atom stereocenters. The normalized spacial score (nSPS) is 12.2. The molecule has 0 amide bonds. The van der Waals surface area contributed by atoms with E-state index in [0.717, 1.165) is 11.6 Å². The summed E-state index contributed by atoms with van der Waals surface area (Å²) in [6.45, 7) is 3.40. The van der Waals surface area contributed by atoms with Crippen LogP contribution in [0.2, 0.25) is 0 Å². The lowest BCUT2D eigenvalue weighted by Gasteiger charge is -2.10. The molecule has 13 heteroatoms. The first kappa shape index (κ1) is 25.0. The minimum atomic E-state index is -4.48. The number of nitrogens with zero attached hydrogens (tertiary/aromatic N) is 4. The maximum atomic E-state index is 12.4. The van der Waals surface area contributed by atoms with Crippen LogP contribution in [0.4, 0.5) is 11.5 Å². The molecule has 2 N–H and O–H groups in total. The number of rotatable bonds is 7. The Morgan fingerprint density at radius 1 is 0.861 bits per heavy atom. The van der Waals surface area contributed by atoms with Gasteiger partial charge in [0.15, 0.2) is 5.82 Å². The number of phenols is 1. The Balaban J connectivity index is 1.48. The molecule has 11 nitrogen and oxygen atoms in total. The van der Waals surface area contributed by atoms with Crippen molar-refractivity contribution in [3.05, 3.63) is 84.1 Å². The molecule has 0 aliphatic carbocycles. The first-order chi connectivity index (χ1) is 16.9. The van der Waals surface area contributed by atoms with Gasteiger partial charge in [0.2, 0.25) is 0 Å². The predicted molar refractivity (Wildman–Crippen MR) is 129 cm³/mol. The third-order valence-corrected chi connectivity index (χ3v) is 7.07. The summed E-state index contributed by atoms with van der Waals surface area (Å²) in [5, 5.41) is 22.5. The van der Waals surface area contributed by atoms with E-state index in [1.165, 1.54) is 59.4 Å². The number of hydrogen-bond acceptors (Lipinski definition) is 9. The van der Waals surface area contributed by atoms with Crippen molar-refractivity contribution in [2.75, 3.05) is 0 Å². The first-order valence-corrected chi connectivity index (χ1v) is 13.2. The van der Waals surface area contributed by atoms with Crippen LogP contribution >= 0.6 is 0 Å². The molecule has 0 aliphatic rings. The summed E-state index contributed by atoms with van der Waals surface area (Å²) < 4.78 is 63.1. The summed E-state index contributed by atoms with van der Waals surface area (Å²) in [6.07, 6.45) is 1.50. The number of aromatic hydroxyl groups is 1. The quantitative estimate of drug-likeness (QED) is 0.199. The van der Waals surface area contributed by atoms with Gasteiger partial charge in [-0.1, -0.05) is 17.7 Å². The minimum absolute atomic E-state index is 0.0429. The average Bonchev–Trinajstić information content (AvgIpc) is 3.26. The third kappa shape index (κ3) is 5.59. The maximum Gasteiger partial charge on any atom is 0.339 e. The Morgan fingerprint density at radius 2 is 1.53 bits per heavy atom. The molecule has 3 aromatic carbocycles. The van der Waals surface area contributed by atoms with E-state index in [0.29, 0.717) is 11.3 Å². The van der Waals surface area contributed by atoms with Gasteiger partial charge in [-0.25, -0.2) is 4.68 Å². The Hall–Kier alpha value is -4.07. The highest BCUT2D eigenvalue weighted by Gasteiger charge is 2.18. The van der Waals surface area contributed by atoms with Gasteiger partial charge in [0.05, 0.1) is 10.6 Å². The van der Waals surface area contributed by atoms with Crippen LogP contribution in [0.5, 0.6) is 11.5 Å². The molecular formula is C23H20N4O7S2. The number of phenolic OH excluding ortho intramolecular Hbond substituents is 1. The zero-order valence-corrected chi connectivity index (χ0v) is 20.6. The van der Waals surface area contributed by atoms with Gasteiger partial charge >= 0.3 is 10.1 Å². The van der Waals surface area contributed by atoms with Gasteiger partial charge < -0.3 is 9.29 Å². The van der Waals surface area contributed by atoms with Crippen molar-refractivity contribution in [2.24, 2.45) is 10.2 Å². The number of aromatic nitrogens is 2. The first-order valence-electron chi connectivity index (χ1n) is 10.3. The minimum Gasteiger partial charge on any atom is -0.506 e. The maximum absolute atomic E-state index is 12.4. The molecule has 0 fully saturated rings. The molecule has 0 radical (unpaired) electrons. The van der Waals surface area contributed by atoms with Gasteiger partial charge in [-0.15, -0.1) is 15.3 Å². The van der Waals surface area contributed by atoms with Gasteiger partial charge in [0.25, 0.3) is 10.1 Å². The molecule has 1 aromatic heterocycles. The lowest BCUT2D eigenvalue weighted by molar-refractivity contribution is 0.462. The predicted octanol–water partition coefficient (Wildman–Crippen LogP) is 4.62. The van der Waals surface area contributed by atoms with Crippen molar-refractivity contribution in [3.8, 4) is 17.2 Å². The SMILES string of the molecule is Cc1ccc(S(=O)(=O)Oc2ccc(N=Nc3ccn(-c4c(C)cc(S(=O)(=O)O)cc4O)n3)cc2)cc1. The summed E-state index contributed by atoms with van der Waals surface area (Å²) in [7, 11) is -8.45. The molecule has 0 aliphatic heterocycles. The lowest BCUT2D eigenvalue weighted by Crippen LogP contribution is -2.09. The van der Waals surface area contributed by atoms with Crippen LogP contribution in [0.3, 0.4) is 0 Å². The van der Waals surface area contributed by atoms with Crippen LogP contribution < -0.4 is 4.18 Å². The summed E-state index contributed by atoms with van der Waals surface area (Å²) in [6, 6.07) is 15.9. The summed E-state index contributed by atoms with van der Waals surface area (Å²) in [5.74, 6) is -0.0987. The molecule has 0 atom stereocenters. The van der Waals surface area contributed by atoms with Gasteiger partial charge in [-0.05, 0) is 61.9 Å². The zero-order chi connectivity index (χ0) is 26.1. The second kappa shape index (κ2) is 9.53. The third-order valence-electron chi connectivity index (χ3n) is 4.98. The second-order valence-electron chi connectivity index (χ2n) is 7.75. The molecular weight excluding hydrogens is 508 g/mol. The molecule has 36 heavy (non-hydrogen) atoms. The van der Waals surface area contributed by atoms with E-state index in [9.17, 15) is 26.5 Å². The van der Waals surface area contributed by atoms with Gasteiger partial charge in [0.1, 0.15) is 22.1 Å². The molecule has 4 rings (SSSR count). The summed E-state index contributed by atoms with van der Waals surface area (Å²) in [5.41, 5.74) is 1.89. The molecule has 0 saturated carbocycles. The molecule has 0 saturated heterocycles. The number of azo groups is 1. The molecule has 1 heterocycles. The highest BCUT2D eigenvalue weighted by Crippen LogP contribution is 2.30. The fraction of sp³-hybridized carbons (Fsp3) is 0.0870. The highest BCUT2D eigenvalue weighted by molar-refractivity contribution is 7.87. The zero-order valence-electron chi connectivity index (χ0n) is 19.0. The van der Waals surface area contributed by atoms with Crippen LogP contribution in [-0.2, 0) is 20.2 Å². The monoisotopic (exact) mass is 528 g/mol. The second-order valence-corrected chi connectivity index (χ2v) is 10.7. The number of aryl methyl sites for hydroxylation is 2. The fourth-order valence-corrected chi connectivity index (χ4v) is 4.74. The number of hydrogen-bond donors (Lipinski definition) is 2. The molecule has 186 valence electrons. The standard InChI is InChI=1S/C23H20N4O7S2/c1-15-3-9-19(10-4-15)36(32,33)34-18-7-5-17(6-8-18)24-25-22-11-12-27(26-22)23-16(2)13-20(14-21(23)28)35(29,30)31/h3-14,28H,1-2H3,(H,29,30,31). The van der Waals surface area contributed by atoms with Gasteiger partial charge in [0, 0.05) is 18.3 Å². The van der Waals surface area contributed by atoms with Crippen LogP contribution in [0.15, 0.2) is 92.9 Å². The van der Waals surface area contributed by atoms with Crippen molar-refractivity contribution < 1.29 is 30.7 Å². The number of benzene rings is 3. The smallest absolute Gasteiger partial charge is 0.339 e. The van der Waals surface area contributed by atoms with Crippen LogP contribution in [0, 0.1) is 13.8 Å². The van der Waals surface area contributed by atoms with Crippen molar-refractivity contribution in [1.29, 1.82) is 0 Å². The Kier molecular flexibility index (Phi) is 6.63. The average molecular weight is 529 g/mol. The lowest BCUT2D eigenvalue weighted by atomic mass is 10.2. The van der Waals surface area contributed by atoms with E-state index in [1.807, 2.05) is 6.92 Å². The summed E-state index contributed by atoms with van der Waals surface area (Å²) >= 11 is 0. The highest BCUT2D eigenvalue weighted by atomic mass is 32.2. The van der Waals surface area contributed by atoms with E-state index in [2.05, 4.69) is 15.3 Å². The van der Waals surface area contributed by atoms with Crippen molar-refractivity contribution in [3.63, 3.8) is 0 Å². The fourth-order valence-electron chi connectivity index (χ4n) is 3.22. The van der Waals surface area contributed by atoms with Crippen LogP contribution in [0.25, 0.3) is 5.69 Å². The Morgan fingerprint density at radius 3 is 2.14 bits per heavy atom. The van der Waals surface area contributed by atoms with E-state index in [4.69, 9.17) is 4.18 Å². The Bertz CT molecular complexity index is 1640. The van der Waals surface area contributed by atoms with Crippen LogP contribution in [0.1, 0.15) is 11.1 Å². The molecule has 0 bridgehead atoms. The van der Waals surface area contributed by atoms with Gasteiger partial charge in [-0.3, -0.25) is 4.55 Å². The van der Waals surface area contributed by atoms with Crippen molar-refractivity contribution >= 4 is 31.7 Å². The van der Waals surface area contributed by atoms with Crippen molar-refractivity contribution in [1.82, 2.24) is 9.78 Å². The van der Waals surface area contributed by atoms with Crippen molar-refractivity contribution in [2.45, 2.75) is 23.6 Å². The van der Waals surface area contributed by atoms with E-state index in [1.54, 1.807) is 19.1 Å². The molecule has 4 aromatic rings. The largest absolute Gasteiger partial charge is 0.506 e. The summed E-state index contributed by atoms with van der Waals surface area (Å²) in [4.78, 5) is -0.395. The van der Waals surface area contributed by atoms with E-state index < -0.39 is 30.9 Å². The topological polar surface area (TPSA) is 161 Å². The van der Waals surface area contributed by atoms with Gasteiger partial charge in [-0.2, -0.15) is 16.8 Å². The Labute approximate surface area is 207 Å².